The van der Waals surface area contributed by atoms with Crippen LogP contribution in [0.3, 0.4) is 0 Å². The van der Waals surface area contributed by atoms with Crippen molar-refractivity contribution in [1.82, 2.24) is 0 Å². The predicted molar refractivity (Wildman–Crippen MR) is 159 cm³/mol. The molecule has 0 saturated heterocycles. The summed E-state index contributed by atoms with van der Waals surface area (Å²) >= 11 is 0. The maximum absolute atomic E-state index is 12.9. The molecule has 2 unspecified atom stereocenters. The molecule has 13 heteroatoms. The van der Waals surface area contributed by atoms with Gasteiger partial charge < -0.3 is 49.6 Å². The lowest BCUT2D eigenvalue weighted by molar-refractivity contribution is 0.0127. The van der Waals surface area contributed by atoms with Crippen molar-refractivity contribution in [2.45, 2.75) is 12.2 Å². The summed E-state index contributed by atoms with van der Waals surface area (Å²) in [7, 11) is 0. The minimum Gasteiger partial charge on any atom is -0.508 e. The molecule has 0 saturated carbocycles. The molecule has 46 heavy (non-hydrogen) atoms. The van der Waals surface area contributed by atoms with Crippen LogP contribution in [0.5, 0.6) is 34.5 Å². The van der Waals surface area contributed by atoms with Crippen molar-refractivity contribution in [3.05, 3.63) is 107 Å². The molecule has 0 spiro atoms. The van der Waals surface area contributed by atoms with E-state index >= 15 is 0 Å². The van der Waals surface area contributed by atoms with Crippen LogP contribution >= 0.6 is 0 Å². The summed E-state index contributed by atoms with van der Waals surface area (Å²) < 4.78 is 20.9. The number of aromatic hydroxyl groups is 4. The van der Waals surface area contributed by atoms with Gasteiger partial charge >= 0.3 is 11.9 Å². The summed E-state index contributed by atoms with van der Waals surface area (Å²) in [5.41, 5.74) is 0.556. The third kappa shape index (κ3) is 9.61. The second kappa shape index (κ2) is 15.3. The molecule has 2 atom stereocenters. The van der Waals surface area contributed by atoms with E-state index in [9.17, 15) is 45.0 Å². The lowest BCUT2D eigenvalue weighted by Crippen LogP contribution is -2.25. The lowest BCUT2D eigenvalue weighted by Gasteiger charge is -2.14. The van der Waals surface area contributed by atoms with Crippen LogP contribution in [0.25, 0.3) is 0 Å². The first-order valence-electron chi connectivity index (χ1n) is 13.7. The number of carbonyl (C=O) groups excluding carboxylic acids is 3. The standard InChI is InChI=1S/C33H30O13/c34-23-9-21(10-24(35)13-23)32(41)45-17-27(38)15-43-29-5-1-19(2-6-29)31(40)20-3-7-30(8-4-20)44-16-28(39)18-46-33(42)22-11-25(36)14-26(37)12-22/h1-14,27-28,34-39H,15-18H2. The molecule has 0 aromatic heterocycles. The van der Waals surface area contributed by atoms with E-state index in [0.717, 1.165) is 36.4 Å². The second-order valence-electron chi connectivity index (χ2n) is 9.98. The Hall–Kier alpha value is -5.79. The number of rotatable bonds is 14. The quantitative estimate of drug-likeness (QED) is 0.0872. The average molecular weight is 635 g/mol. The fraction of sp³-hybridized carbons (Fsp3) is 0.182. The minimum absolute atomic E-state index is 0.0851. The van der Waals surface area contributed by atoms with E-state index in [4.69, 9.17) is 18.9 Å². The van der Waals surface area contributed by atoms with Crippen molar-refractivity contribution in [3.8, 4) is 34.5 Å². The van der Waals surface area contributed by atoms with Crippen LogP contribution in [0.1, 0.15) is 36.6 Å². The average Bonchev–Trinajstić information content (AvgIpc) is 3.03. The van der Waals surface area contributed by atoms with Gasteiger partial charge in [-0.3, -0.25) is 4.79 Å². The number of aliphatic hydroxyl groups excluding tert-OH is 2. The Bertz CT molecular complexity index is 1500. The van der Waals surface area contributed by atoms with Crippen LogP contribution in [-0.4, -0.2) is 87.0 Å². The van der Waals surface area contributed by atoms with E-state index in [-0.39, 0.29) is 53.1 Å². The highest BCUT2D eigenvalue weighted by molar-refractivity contribution is 6.09. The first kappa shape index (κ1) is 33.1. The van der Waals surface area contributed by atoms with Crippen molar-refractivity contribution in [3.63, 3.8) is 0 Å². The van der Waals surface area contributed by atoms with Gasteiger partial charge in [-0.05, 0) is 72.8 Å². The normalized spacial score (nSPS) is 12.0. The van der Waals surface area contributed by atoms with Crippen LogP contribution in [0.4, 0.5) is 0 Å². The first-order valence-corrected chi connectivity index (χ1v) is 13.7. The highest BCUT2D eigenvalue weighted by atomic mass is 16.6. The Morgan fingerprint density at radius 1 is 0.478 bits per heavy atom. The van der Waals surface area contributed by atoms with Gasteiger partial charge in [-0.15, -0.1) is 0 Å². The molecule has 4 aromatic rings. The maximum Gasteiger partial charge on any atom is 0.338 e. The van der Waals surface area contributed by atoms with E-state index in [1.807, 2.05) is 0 Å². The molecule has 0 bridgehead atoms. The van der Waals surface area contributed by atoms with Gasteiger partial charge in [0.2, 0.25) is 0 Å². The van der Waals surface area contributed by atoms with Crippen molar-refractivity contribution in [1.29, 1.82) is 0 Å². The van der Waals surface area contributed by atoms with E-state index in [1.54, 1.807) is 24.3 Å². The van der Waals surface area contributed by atoms with E-state index in [2.05, 4.69) is 0 Å². The summed E-state index contributed by atoms with van der Waals surface area (Å²) in [4.78, 5) is 37.0. The molecule has 13 nitrogen and oxygen atoms in total. The summed E-state index contributed by atoms with van der Waals surface area (Å²) in [6, 6.07) is 18.9. The van der Waals surface area contributed by atoms with Gasteiger partial charge in [-0.2, -0.15) is 0 Å². The van der Waals surface area contributed by atoms with Gasteiger partial charge in [0, 0.05) is 23.3 Å². The molecule has 0 radical (unpaired) electrons. The Kier molecular flexibility index (Phi) is 11.0. The van der Waals surface area contributed by atoms with Crippen molar-refractivity contribution < 1.29 is 64.0 Å². The van der Waals surface area contributed by atoms with Gasteiger partial charge in [0.1, 0.15) is 73.1 Å². The number of phenols is 4. The summed E-state index contributed by atoms with van der Waals surface area (Å²) in [6.07, 6.45) is -2.35. The van der Waals surface area contributed by atoms with E-state index < -0.39 is 37.4 Å². The Labute approximate surface area is 262 Å². The summed E-state index contributed by atoms with van der Waals surface area (Å²) in [6.45, 7) is -1.23. The molecule has 0 aliphatic heterocycles. The number of hydrogen-bond donors (Lipinski definition) is 6. The largest absolute Gasteiger partial charge is 0.508 e. The zero-order chi connectivity index (χ0) is 33.2. The van der Waals surface area contributed by atoms with Gasteiger partial charge in [0.15, 0.2) is 5.78 Å². The highest BCUT2D eigenvalue weighted by Gasteiger charge is 2.16. The number of ether oxygens (including phenoxy) is 4. The van der Waals surface area contributed by atoms with Crippen molar-refractivity contribution >= 4 is 17.7 Å². The fourth-order valence-corrected chi connectivity index (χ4v) is 3.99. The number of carbonyl (C=O) groups is 3. The Balaban J connectivity index is 1.19. The van der Waals surface area contributed by atoms with Crippen LogP contribution in [-0.2, 0) is 9.47 Å². The zero-order valence-corrected chi connectivity index (χ0v) is 24.1. The highest BCUT2D eigenvalue weighted by Crippen LogP contribution is 2.23. The van der Waals surface area contributed by atoms with Crippen LogP contribution in [0, 0.1) is 0 Å². The number of ketones is 1. The van der Waals surface area contributed by atoms with Gasteiger partial charge in [-0.1, -0.05) is 0 Å². The van der Waals surface area contributed by atoms with Gasteiger partial charge in [0.05, 0.1) is 11.1 Å². The number of benzene rings is 4. The Morgan fingerprint density at radius 3 is 1.13 bits per heavy atom. The summed E-state index contributed by atoms with van der Waals surface area (Å²) in [5, 5.41) is 58.1. The second-order valence-corrected chi connectivity index (χ2v) is 9.98. The number of hydrogen-bond acceptors (Lipinski definition) is 13. The monoisotopic (exact) mass is 634 g/mol. The number of phenolic OH excluding ortho intramolecular Hbond substituents is 4. The smallest absolute Gasteiger partial charge is 0.338 e. The number of aliphatic hydroxyl groups is 2. The van der Waals surface area contributed by atoms with Crippen LogP contribution in [0.15, 0.2) is 84.9 Å². The molecule has 0 fully saturated rings. The SMILES string of the molecule is O=C(OCC(O)COc1ccc(C(=O)c2ccc(OCC(O)COC(=O)c3cc(O)cc(O)c3)cc2)cc1)c1cc(O)cc(O)c1. The molecule has 0 aliphatic rings. The zero-order valence-electron chi connectivity index (χ0n) is 24.1. The van der Waals surface area contributed by atoms with E-state index in [0.29, 0.717) is 22.6 Å². The Morgan fingerprint density at radius 2 is 0.804 bits per heavy atom. The van der Waals surface area contributed by atoms with Crippen molar-refractivity contribution in [2.24, 2.45) is 0 Å². The molecular formula is C33H30O13. The third-order valence-corrected chi connectivity index (χ3v) is 6.21. The molecule has 0 heterocycles. The third-order valence-electron chi connectivity index (χ3n) is 6.21. The lowest BCUT2D eigenvalue weighted by atomic mass is 10.0. The van der Waals surface area contributed by atoms with Crippen LogP contribution < -0.4 is 9.47 Å². The molecule has 4 rings (SSSR count). The molecular weight excluding hydrogens is 604 g/mol. The van der Waals surface area contributed by atoms with Crippen molar-refractivity contribution in [2.75, 3.05) is 26.4 Å². The van der Waals surface area contributed by atoms with Crippen LogP contribution in [0.2, 0.25) is 0 Å². The molecule has 0 amide bonds. The summed E-state index contributed by atoms with van der Waals surface area (Å²) in [5.74, 6) is -2.53. The van der Waals surface area contributed by atoms with Gasteiger partial charge in [-0.25, -0.2) is 9.59 Å². The topological polar surface area (TPSA) is 210 Å². The molecule has 4 aromatic carbocycles. The molecule has 240 valence electrons. The van der Waals surface area contributed by atoms with E-state index in [1.165, 1.54) is 24.3 Å². The fourth-order valence-electron chi connectivity index (χ4n) is 3.99. The first-order chi connectivity index (χ1) is 22.0. The minimum atomic E-state index is -1.17. The predicted octanol–water partition coefficient (Wildman–Crippen LogP) is 2.93. The van der Waals surface area contributed by atoms with Gasteiger partial charge in [0.25, 0.3) is 0 Å². The molecule has 0 aliphatic carbocycles. The maximum atomic E-state index is 12.9. The number of esters is 2. The molecule has 6 N–H and O–H groups in total.